The zero-order valence-corrected chi connectivity index (χ0v) is 15.1. The van der Waals surface area contributed by atoms with Crippen LogP contribution in [0.1, 0.15) is 40.2 Å². The second kappa shape index (κ2) is 7.14. The minimum Gasteiger partial charge on any atom is -0.462 e. The van der Waals surface area contributed by atoms with Gasteiger partial charge in [-0.25, -0.2) is 4.79 Å². The highest BCUT2D eigenvalue weighted by molar-refractivity contribution is 7.17. The molecule has 25 heavy (non-hydrogen) atoms. The number of ether oxygens (including phenoxy) is 3. The van der Waals surface area contributed by atoms with Crippen LogP contribution in [0.3, 0.4) is 0 Å². The van der Waals surface area contributed by atoms with Gasteiger partial charge in [0, 0.05) is 18.2 Å². The lowest BCUT2D eigenvalue weighted by Crippen LogP contribution is -2.11. The van der Waals surface area contributed by atoms with E-state index in [4.69, 9.17) is 14.2 Å². The summed E-state index contributed by atoms with van der Waals surface area (Å²) < 4.78 is 15.9. The zero-order valence-electron chi connectivity index (χ0n) is 14.3. The number of hydrogen-bond donors (Lipinski definition) is 1. The molecule has 2 heterocycles. The number of esters is 1. The molecule has 0 atom stereocenters. The lowest BCUT2D eigenvalue weighted by atomic mass is 10.1. The van der Waals surface area contributed by atoms with Gasteiger partial charge in [0.2, 0.25) is 12.7 Å². The Labute approximate surface area is 149 Å². The topological polar surface area (TPSA) is 73.9 Å². The highest BCUT2D eigenvalue weighted by Gasteiger charge is 2.23. The van der Waals surface area contributed by atoms with Crippen molar-refractivity contribution in [2.24, 2.45) is 0 Å². The standard InChI is InChI=1S/C18H19NO5S/c1-4-22-18(21)16-10(2)15(25-17(16)19-11(3)20)8-12-5-6-13-14(7-12)24-9-23-13/h5-7H,4,8-9H2,1-3H3,(H,19,20). The maximum Gasteiger partial charge on any atom is 0.341 e. The molecular formula is C18H19NO5S. The van der Waals surface area contributed by atoms with Crippen LogP contribution in [0.4, 0.5) is 5.00 Å². The minimum atomic E-state index is -0.420. The fourth-order valence-corrected chi connectivity index (χ4v) is 3.94. The normalized spacial score (nSPS) is 12.1. The molecule has 0 bridgehead atoms. The summed E-state index contributed by atoms with van der Waals surface area (Å²) >= 11 is 1.39. The molecular weight excluding hydrogens is 342 g/mol. The van der Waals surface area contributed by atoms with E-state index in [0.717, 1.165) is 27.5 Å². The van der Waals surface area contributed by atoms with Crippen molar-refractivity contribution in [3.8, 4) is 11.5 Å². The van der Waals surface area contributed by atoms with E-state index in [1.165, 1.54) is 18.3 Å². The monoisotopic (exact) mass is 361 g/mol. The highest BCUT2D eigenvalue weighted by Crippen LogP contribution is 2.37. The van der Waals surface area contributed by atoms with Crippen molar-refractivity contribution < 1.29 is 23.8 Å². The molecule has 1 aliphatic heterocycles. The van der Waals surface area contributed by atoms with Gasteiger partial charge in [-0.05, 0) is 37.1 Å². The zero-order chi connectivity index (χ0) is 18.0. The van der Waals surface area contributed by atoms with E-state index < -0.39 is 5.97 Å². The molecule has 0 aliphatic carbocycles. The van der Waals surface area contributed by atoms with Crippen LogP contribution in [-0.2, 0) is 16.0 Å². The fraction of sp³-hybridized carbons (Fsp3) is 0.333. The van der Waals surface area contributed by atoms with Gasteiger partial charge in [0.05, 0.1) is 12.2 Å². The van der Waals surface area contributed by atoms with Gasteiger partial charge in [0.25, 0.3) is 0 Å². The van der Waals surface area contributed by atoms with Crippen molar-refractivity contribution in [2.45, 2.75) is 27.2 Å². The highest BCUT2D eigenvalue weighted by atomic mass is 32.1. The van der Waals surface area contributed by atoms with Crippen molar-refractivity contribution in [1.29, 1.82) is 0 Å². The molecule has 132 valence electrons. The first-order chi connectivity index (χ1) is 12.0. The molecule has 0 fully saturated rings. The molecule has 1 aliphatic rings. The van der Waals surface area contributed by atoms with Crippen molar-refractivity contribution in [3.63, 3.8) is 0 Å². The lowest BCUT2D eigenvalue weighted by molar-refractivity contribution is -0.114. The molecule has 6 nitrogen and oxygen atoms in total. The number of hydrogen-bond acceptors (Lipinski definition) is 6. The third-order valence-electron chi connectivity index (χ3n) is 3.82. The number of thiophene rings is 1. The Hall–Kier alpha value is -2.54. The molecule has 0 saturated heterocycles. The summed E-state index contributed by atoms with van der Waals surface area (Å²) in [5, 5.41) is 3.26. The van der Waals surface area contributed by atoms with Crippen LogP contribution in [-0.4, -0.2) is 25.3 Å². The molecule has 1 aromatic heterocycles. The molecule has 7 heteroatoms. The average Bonchev–Trinajstić information content (AvgIpc) is 3.12. The van der Waals surface area contributed by atoms with Gasteiger partial charge in [0.15, 0.2) is 11.5 Å². The first-order valence-corrected chi connectivity index (χ1v) is 8.76. The quantitative estimate of drug-likeness (QED) is 0.825. The van der Waals surface area contributed by atoms with E-state index in [1.54, 1.807) is 6.92 Å². The van der Waals surface area contributed by atoms with Gasteiger partial charge >= 0.3 is 5.97 Å². The van der Waals surface area contributed by atoms with E-state index in [9.17, 15) is 9.59 Å². The third kappa shape index (κ3) is 3.61. The summed E-state index contributed by atoms with van der Waals surface area (Å²) in [6.45, 7) is 5.56. The summed E-state index contributed by atoms with van der Waals surface area (Å²) in [6.07, 6.45) is 0.624. The molecule has 0 saturated carbocycles. The number of fused-ring (bicyclic) bond motifs is 1. The number of benzene rings is 1. The van der Waals surface area contributed by atoms with Crippen molar-refractivity contribution in [2.75, 3.05) is 18.7 Å². The maximum atomic E-state index is 12.3. The van der Waals surface area contributed by atoms with Crippen molar-refractivity contribution in [1.82, 2.24) is 0 Å². The Morgan fingerprint density at radius 3 is 2.76 bits per heavy atom. The van der Waals surface area contributed by atoms with Crippen molar-refractivity contribution >= 4 is 28.2 Å². The molecule has 0 unspecified atom stereocenters. The Bertz CT molecular complexity index is 827. The first kappa shape index (κ1) is 17.3. The summed E-state index contributed by atoms with van der Waals surface area (Å²) in [7, 11) is 0. The third-order valence-corrected chi connectivity index (χ3v) is 5.02. The van der Waals surface area contributed by atoms with Gasteiger partial charge in [-0.1, -0.05) is 6.07 Å². The largest absolute Gasteiger partial charge is 0.462 e. The number of carbonyl (C=O) groups is 2. The van der Waals surface area contributed by atoms with Crippen LogP contribution in [0.2, 0.25) is 0 Å². The average molecular weight is 361 g/mol. The predicted molar refractivity (Wildman–Crippen MR) is 94.7 cm³/mol. The van der Waals surface area contributed by atoms with Gasteiger partial charge in [0.1, 0.15) is 5.00 Å². The number of amides is 1. The summed E-state index contributed by atoms with van der Waals surface area (Å²) in [6, 6.07) is 5.78. The molecule has 3 rings (SSSR count). The van der Waals surface area contributed by atoms with Gasteiger partial charge in [-0.3, -0.25) is 4.79 Å². The SMILES string of the molecule is CCOC(=O)c1c(NC(C)=O)sc(Cc2ccc3c(c2)OCO3)c1C. The fourth-order valence-electron chi connectivity index (χ4n) is 2.66. The number of anilines is 1. The van der Waals surface area contributed by atoms with Crippen LogP contribution >= 0.6 is 11.3 Å². The Balaban J connectivity index is 1.93. The molecule has 0 spiro atoms. The van der Waals surface area contributed by atoms with E-state index in [-0.39, 0.29) is 19.3 Å². The molecule has 0 radical (unpaired) electrons. The van der Waals surface area contributed by atoms with Crippen LogP contribution in [0.25, 0.3) is 0 Å². The van der Waals surface area contributed by atoms with Gasteiger partial charge in [-0.15, -0.1) is 11.3 Å². The first-order valence-electron chi connectivity index (χ1n) is 7.95. The smallest absolute Gasteiger partial charge is 0.341 e. The van der Waals surface area contributed by atoms with E-state index in [0.29, 0.717) is 17.0 Å². The number of carbonyl (C=O) groups excluding carboxylic acids is 2. The predicted octanol–water partition coefficient (Wildman–Crippen LogP) is 3.51. The summed E-state index contributed by atoms with van der Waals surface area (Å²) in [4.78, 5) is 24.7. The molecule has 1 amide bonds. The Morgan fingerprint density at radius 1 is 1.28 bits per heavy atom. The lowest BCUT2D eigenvalue weighted by Gasteiger charge is -2.05. The van der Waals surface area contributed by atoms with Crippen molar-refractivity contribution in [3.05, 3.63) is 39.8 Å². The number of nitrogens with one attached hydrogen (secondary N) is 1. The molecule has 1 N–H and O–H groups in total. The van der Waals surface area contributed by atoms with Crippen LogP contribution in [0.15, 0.2) is 18.2 Å². The second-order valence-corrected chi connectivity index (χ2v) is 6.73. The second-order valence-electron chi connectivity index (χ2n) is 5.62. The van der Waals surface area contributed by atoms with E-state index >= 15 is 0 Å². The molecule has 1 aromatic carbocycles. The minimum absolute atomic E-state index is 0.221. The van der Waals surface area contributed by atoms with E-state index in [1.807, 2.05) is 25.1 Å². The van der Waals surface area contributed by atoms with Crippen LogP contribution in [0.5, 0.6) is 11.5 Å². The summed E-state index contributed by atoms with van der Waals surface area (Å²) in [5.74, 6) is 0.815. The van der Waals surface area contributed by atoms with E-state index in [2.05, 4.69) is 5.32 Å². The van der Waals surface area contributed by atoms with Crippen LogP contribution < -0.4 is 14.8 Å². The Morgan fingerprint density at radius 2 is 2.04 bits per heavy atom. The molecule has 2 aromatic rings. The van der Waals surface area contributed by atoms with Gasteiger partial charge < -0.3 is 19.5 Å². The van der Waals surface area contributed by atoms with Gasteiger partial charge in [-0.2, -0.15) is 0 Å². The summed E-state index contributed by atoms with van der Waals surface area (Å²) in [5.41, 5.74) is 2.29. The van der Waals surface area contributed by atoms with Crippen LogP contribution in [0, 0.1) is 6.92 Å². The Kier molecular flexibility index (Phi) is 4.94. The number of rotatable bonds is 5. The maximum absolute atomic E-state index is 12.3.